The summed E-state index contributed by atoms with van der Waals surface area (Å²) < 4.78 is 0. The Morgan fingerprint density at radius 3 is 1.69 bits per heavy atom. The zero-order chi connectivity index (χ0) is 8.82. The van der Waals surface area contributed by atoms with Crippen LogP contribution in [0.5, 0.6) is 0 Å². The first-order valence-electron chi connectivity index (χ1n) is 4.63. The van der Waals surface area contributed by atoms with Crippen LogP contribution < -0.4 is 5.73 Å². The molecular weight excluding hydrogens is 190 g/mol. The van der Waals surface area contributed by atoms with Gasteiger partial charge in [-0.25, -0.2) is 0 Å². The molecule has 0 atom stereocenters. The molecule has 3 N–H and O–H groups in total. The van der Waals surface area contributed by atoms with Gasteiger partial charge < -0.3 is 10.8 Å². The first-order valence-corrected chi connectivity index (χ1v) is 4.63. The van der Waals surface area contributed by atoms with Gasteiger partial charge in [0.25, 0.3) is 0 Å². The molecule has 2 fully saturated rings. The average molecular weight is 206 g/mol. The molecule has 3 nitrogen and oxygen atoms in total. The highest BCUT2D eigenvalue weighted by Gasteiger charge is 2.60. The minimum atomic E-state index is -0.670. The number of hydrogen-bond donors (Lipinski definition) is 2. The van der Waals surface area contributed by atoms with Crippen molar-refractivity contribution in [2.24, 2.45) is 11.1 Å². The third-order valence-corrected chi connectivity index (χ3v) is 3.82. The summed E-state index contributed by atoms with van der Waals surface area (Å²) >= 11 is 0. The van der Waals surface area contributed by atoms with Crippen molar-refractivity contribution in [1.82, 2.24) is 0 Å². The lowest BCUT2D eigenvalue weighted by molar-refractivity contribution is -0.165. The van der Waals surface area contributed by atoms with E-state index in [4.69, 9.17) is 10.8 Å². The van der Waals surface area contributed by atoms with Crippen LogP contribution in [0.25, 0.3) is 0 Å². The largest absolute Gasteiger partial charge is 0.481 e. The van der Waals surface area contributed by atoms with E-state index in [-0.39, 0.29) is 17.9 Å². The second-order valence-corrected chi connectivity index (χ2v) is 4.25. The highest BCUT2D eigenvalue weighted by molar-refractivity contribution is 5.85. The van der Waals surface area contributed by atoms with Crippen LogP contribution in [-0.4, -0.2) is 16.6 Å². The van der Waals surface area contributed by atoms with Crippen molar-refractivity contribution in [2.45, 2.75) is 44.1 Å². The second-order valence-electron chi connectivity index (χ2n) is 4.25. The molecular formula is C9H16ClNO2. The number of rotatable bonds is 2. The first kappa shape index (κ1) is 10.8. The number of carbonyl (C=O) groups is 1. The normalized spacial score (nSPS) is 27.8. The lowest BCUT2D eigenvalue weighted by atomic mass is 9.51. The van der Waals surface area contributed by atoms with Gasteiger partial charge >= 0.3 is 5.97 Å². The Balaban J connectivity index is 0.000000845. The summed E-state index contributed by atoms with van der Waals surface area (Å²) in [6, 6.07) is 0. The van der Waals surface area contributed by atoms with Crippen molar-refractivity contribution < 1.29 is 9.90 Å². The fourth-order valence-corrected chi connectivity index (χ4v) is 2.49. The van der Waals surface area contributed by atoms with Gasteiger partial charge in [-0.15, -0.1) is 12.4 Å². The Morgan fingerprint density at radius 2 is 1.62 bits per heavy atom. The molecule has 2 rings (SSSR count). The summed E-state index contributed by atoms with van der Waals surface area (Å²) in [6.07, 6.45) is 5.52. The van der Waals surface area contributed by atoms with Crippen LogP contribution >= 0.6 is 12.4 Å². The van der Waals surface area contributed by atoms with Gasteiger partial charge in [-0.3, -0.25) is 4.79 Å². The Hall–Kier alpha value is -0.280. The van der Waals surface area contributed by atoms with Crippen molar-refractivity contribution in [3.63, 3.8) is 0 Å². The van der Waals surface area contributed by atoms with Crippen LogP contribution in [0.15, 0.2) is 0 Å². The first-order chi connectivity index (χ1) is 5.61. The quantitative estimate of drug-likeness (QED) is 0.719. The third kappa shape index (κ3) is 1.17. The fourth-order valence-electron chi connectivity index (χ4n) is 2.49. The zero-order valence-electron chi connectivity index (χ0n) is 7.58. The van der Waals surface area contributed by atoms with Crippen molar-refractivity contribution in [2.75, 3.05) is 0 Å². The van der Waals surface area contributed by atoms with Crippen LogP contribution in [-0.2, 0) is 4.79 Å². The van der Waals surface area contributed by atoms with E-state index in [2.05, 4.69) is 0 Å². The van der Waals surface area contributed by atoms with E-state index in [0.717, 1.165) is 38.5 Å². The molecule has 0 bridgehead atoms. The number of nitrogens with two attached hydrogens (primary N) is 1. The lowest BCUT2D eigenvalue weighted by Gasteiger charge is -2.55. The Bertz CT molecular complexity index is 222. The molecule has 2 saturated carbocycles. The van der Waals surface area contributed by atoms with Crippen molar-refractivity contribution in [3.8, 4) is 0 Å². The molecule has 0 aromatic rings. The maximum Gasteiger partial charge on any atom is 0.311 e. The Morgan fingerprint density at radius 1 is 1.15 bits per heavy atom. The van der Waals surface area contributed by atoms with Crippen LogP contribution in [0.2, 0.25) is 0 Å². The summed E-state index contributed by atoms with van der Waals surface area (Å²) in [6.45, 7) is 0. The molecule has 76 valence electrons. The minimum Gasteiger partial charge on any atom is -0.481 e. The minimum absolute atomic E-state index is 0. The van der Waals surface area contributed by atoms with E-state index in [1.54, 1.807) is 0 Å². The molecule has 0 aromatic heterocycles. The van der Waals surface area contributed by atoms with Gasteiger partial charge in [0.2, 0.25) is 0 Å². The van der Waals surface area contributed by atoms with Gasteiger partial charge in [-0.2, -0.15) is 0 Å². The maximum absolute atomic E-state index is 11.1. The second kappa shape index (κ2) is 3.14. The molecule has 0 spiro atoms. The third-order valence-electron chi connectivity index (χ3n) is 3.82. The molecule has 0 amide bonds. The zero-order valence-corrected chi connectivity index (χ0v) is 8.40. The molecule has 4 heteroatoms. The highest BCUT2D eigenvalue weighted by Crippen LogP contribution is 2.55. The summed E-state index contributed by atoms with van der Waals surface area (Å²) in [5.74, 6) is -0.670. The van der Waals surface area contributed by atoms with Gasteiger partial charge in [-0.05, 0) is 32.1 Å². The smallest absolute Gasteiger partial charge is 0.311 e. The molecule has 2 aliphatic carbocycles. The molecule has 0 aromatic carbocycles. The topological polar surface area (TPSA) is 63.3 Å². The van der Waals surface area contributed by atoms with Gasteiger partial charge in [-0.1, -0.05) is 6.42 Å². The summed E-state index contributed by atoms with van der Waals surface area (Å²) in [4.78, 5) is 11.1. The number of carboxylic acid groups (broad SMARTS) is 1. The highest BCUT2D eigenvalue weighted by atomic mass is 35.5. The van der Waals surface area contributed by atoms with Gasteiger partial charge in [0.15, 0.2) is 0 Å². The Labute approximate surface area is 84.1 Å². The predicted molar refractivity (Wildman–Crippen MR) is 51.9 cm³/mol. The van der Waals surface area contributed by atoms with Crippen LogP contribution in [0.3, 0.4) is 0 Å². The molecule has 0 aliphatic heterocycles. The van der Waals surface area contributed by atoms with Gasteiger partial charge in [0.1, 0.15) is 0 Å². The molecule has 2 aliphatic rings. The van der Waals surface area contributed by atoms with E-state index < -0.39 is 11.4 Å². The van der Waals surface area contributed by atoms with E-state index in [0.29, 0.717) is 0 Å². The van der Waals surface area contributed by atoms with Crippen molar-refractivity contribution >= 4 is 18.4 Å². The summed E-state index contributed by atoms with van der Waals surface area (Å²) in [7, 11) is 0. The van der Waals surface area contributed by atoms with Crippen molar-refractivity contribution in [1.29, 1.82) is 0 Å². The fraction of sp³-hybridized carbons (Fsp3) is 0.889. The summed E-state index contributed by atoms with van der Waals surface area (Å²) in [5.41, 5.74) is 5.15. The molecule has 0 unspecified atom stereocenters. The van der Waals surface area contributed by atoms with Gasteiger partial charge in [0.05, 0.1) is 5.41 Å². The van der Waals surface area contributed by atoms with Crippen LogP contribution in [0.4, 0.5) is 0 Å². The molecule has 0 heterocycles. The van der Waals surface area contributed by atoms with Crippen molar-refractivity contribution in [3.05, 3.63) is 0 Å². The predicted octanol–water partition coefficient (Wildman–Crippen LogP) is 1.54. The lowest BCUT2D eigenvalue weighted by Crippen LogP contribution is -2.66. The molecule has 13 heavy (non-hydrogen) atoms. The summed E-state index contributed by atoms with van der Waals surface area (Å²) in [5, 5.41) is 9.10. The number of hydrogen-bond acceptors (Lipinski definition) is 2. The SMILES string of the molecule is Cl.NC1(C2(C(=O)O)CCC2)CCC1. The number of halogens is 1. The standard InChI is InChI=1S/C9H15NO2.ClH/c10-9(5-2-6-9)8(7(11)12)3-1-4-8;/h1-6,10H2,(H,11,12);1H. The van der Waals surface area contributed by atoms with Crippen LogP contribution in [0.1, 0.15) is 38.5 Å². The number of carboxylic acids is 1. The molecule has 0 saturated heterocycles. The van der Waals surface area contributed by atoms with Gasteiger partial charge in [0, 0.05) is 5.54 Å². The van der Waals surface area contributed by atoms with E-state index in [1.165, 1.54) is 0 Å². The monoisotopic (exact) mass is 205 g/mol. The number of aliphatic carboxylic acids is 1. The Kier molecular flexibility index (Phi) is 2.61. The van der Waals surface area contributed by atoms with E-state index in [9.17, 15) is 4.79 Å². The van der Waals surface area contributed by atoms with E-state index >= 15 is 0 Å². The van der Waals surface area contributed by atoms with E-state index in [1.807, 2.05) is 0 Å². The average Bonchev–Trinajstić information content (AvgIpc) is 1.80. The van der Waals surface area contributed by atoms with Crippen LogP contribution in [0, 0.1) is 5.41 Å². The maximum atomic E-state index is 11.1. The molecule has 0 radical (unpaired) electrons.